The number of rotatable bonds is 7. The van der Waals surface area contributed by atoms with Gasteiger partial charge in [-0.05, 0) is 26.0 Å². The minimum absolute atomic E-state index is 0.181. The van der Waals surface area contributed by atoms with Crippen LogP contribution in [0.15, 0.2) is 55.5 Å². The second-order valence-electron chi connectivity index (χ2n) is 4.09. The first-order valence-electron chi connectivity index (χ1n) is 6.51. The minimum atomic E-state index is -0.309. The third-order valence-electron chi connectivity index (χ3n) is 2.78. The molecule has 0 radical (unpaired) electrons. The molecule has 0 aliphatic carbocycles. The summed E-state index contributed by atoms with van der Waals surface area (Å²) in [5.74, 6) is 0. The van der Waals surface area contributed by atoms with Gasteiger partial charge in [-0.2, -0.15) is 0 Å². The van der Waals surface area contributed by atoms with Crippen LogP contribution in [0.3, 0.4) is 0 Å². The fourth-order valence-corrected chi connectivity index (χ4v) is 3.30. The lowest BCUT2D eigenvalue weighted by Crippen LogP contribution is -2.26. The van der Waals surface area contributed by atoms with E-state index in [2.05, 4.69) is 0 Å². The largest absolute Gasteiger partial charge is 0.733 e. The predicted octanol–water partition coefficient (Wildman–Crippen LogP) is 5.36. The zero-order valence-corrected chi connectivity index (χ0v) is 15.2. The molecule has 1 N–H and O–H groups in total. The van der Waals surface area contributed by atoms with Crippen LogP contribution in [0.4, 0.5) is 0 Å². The SMILES string of the molecule is CCN(CC)/C(Sc1ccccc1)=C(/C(Cl)=C(Cl)Cl)N([O-])O. The fraction of sp³-hybridized carbons (Fsp3) is 0.286. The molecular formula is C14H16Cl3N2O2S-. The number of halogens is 3. The lowest BCUT2D eigenvalue weighted by molar-refractivity contribution is -0.00182. The molecule has 4 nitrogen and oxygen atoms in total. The molecule has 0 spiro atoms. The van der Waals surface area contributed by atoms with Crippen molar-refractivity contribution in [3.8, 4) is 0 Å². The molecule has 0 saturated carbocycles. The van der Waals surface area contributed by atoms with Gasteiger partial charge in [0.05, 0.1) is 5.03 Å². The van der Waals surface area contributed by atoms with Gasteiger partial charge in [0.25, 0.3) is 0 Å². The van der Waals surface area contributed by atoms with Crippen molar-refractivity contribution in [2.75, 3.05) is 13.1 Å². The van der Waals surface area contributed by atoms with E-state index in [4.69, 9.17) is 34.8 Å². The summed E-state index contributed by atoms with van der Waals surface area (Å²) >= 11 is 18.7. The van der Waals surface area contributed by atoms with E-state index in [1.165, 1.54) is 11.8 Å². The van der Waals surface area contributed by atoms with E-state index in [0.29, 0.717) is 18.1 Å². The Morgan fingerprint density at radius 1 is 1.14 bits per heavy atom. The first-order valence-corrected chi connectivity index (χ1v) is 8.46. The molecule has 0 fully saturated rings. The van der Waals surface area contributed by atoms with Gasteiger partial charge in [0.1, 0.15) is 15.2 Å². The number of benzene rings is 1. The first kappa shape index (κ1) is 19.5. The topological polar surface area (TPSA) is 49.8 Å². The van der Waals surface area contributed by atoms with Crippen molar-refractivity contribution in [2.24, 2.45) is 0 Å². The third kappa shape index (κ3) is 5.26. The third-order valence-corrected chi connectivity index (χ3v) is 4.87. The van der Waals surface area contributed by atoms with Crippen LogP contribution in [-0.4, -0.2) is 28.4 Å². The van der Waals surface area contributed by atoms with E-state index in [9.17, 15) is 10.4 Å². The molecule has 0 heterocycles. The minimum Gasteiger partial charge on any atom is -0.733 e. The van der Waals surface area contributed by atoms with Gasteiger partial charge in [0.15, 0.2) is 0 Å². The zero-order chi connectivity index (χ0) is 16.7. The van der Waals surface area contributed by atoms with Crippen LogP contribution in [0.1, 0.15) is 13.8 Å². The Hall–Kier alpha value is -0.560. The maximum atomic E-state index is 11.6. The summed E-state index contributed by atoms with van der Waals surface area (Å²) in [7, 11) is 0. The quantitative estimate of drug-likeness (QED) is 0.390. The summed E-state index contributed by atoms with van der Waals surface area (Å²) in [6, 6.07) is 9.42. The van der Waals surface area contributed by atoms with E-state index in [1.807, 2.05) is 49.1 Å². The highest BCUT2D eigenvalue weighted by atomic mass is 35.5. The van der Waals surface area contributed by atoms with E-state index >= 15 is 0 Å². The number of hydrogen-bond acceptors (Lipinski definition) is 5. The van der Waals surface area contributed by atoms with Crippen molar-refractivity contribution in [1.29, 1.82) is 0 Å². The van der Waals surface area contributed by atoms with Gasteiger partial charge in [-0.1, -0.05) is 64.8 Å². The molecule has 0 unspecified atom stereocenters. The fourth-order valence-electron chi connectivity index (χ4n) is 1.72. The molecule has 0 aromatic heterocycles. The van der Waals surface area contributed by atoms with Crippen LogP contribution >= 0.6 is 46.6 Å². The highest BCUT2D eigenvalue weighted by Crippen LogP contribution is 2.37. The normalized spacial score (nSPS) is 11.8. The van der Waals surface area contributed by atoms with Crippen LogP contribution < -0.4 is 0 Å². The highest BCUT2D eigenvalue weighted by molar-refractivity contribution is 8.03. The Morgan fingerprint density at radius 2 is 1.68 bits per heavy atom. The predicted molar refractivity (Wildman–Crippen MR) is 93.8 cm³/mol. The van der Waals surface area contributed by atoms with Crippen molar-refractivity contribution in [3.63, 3.8) is 0 Å². The van der Waals surface area contributed by atoms with Crippen molar-refractivity contribution in [1.82, 2.24) is 10.1 Å². The Balaban J connectivity index is 3.44. The van der Waals surface area contributed by atoms with Crippen LogP contribution in [0.25, 0.3) is 0 Å². The monoisotopic (exact) mass is 381 g/mol. The van der Waals surface area contributed by atoms with Gasteiger partial charge < -0.3 is 15.3 Å². The summed E-state index contributed by atoms with van der Waals surface area (Å²) in [6.07, 6.45) is 0. The smallest absolute Gasteiger partial charge is 0.127 e. The zero-order valence-electron chi connectivity index (χ0n) is 12.1. The van der Waals surface area contributed by atoms with Crippen LogP contribution in [0.2, 0.25) is 0 Å². The Labute approximate surface area is 149 Å². The first-order chi connectivity index (χ1) is 10.4. The van der Waals surface area contributed by atoms with Crippen LogP contribution in [-0.2, 0) is 0 Å². The molecule has 0 saturated heterocycles. The van der Waals surface area contributed by atoms with E-state index in [-0.39, 0.29) is 20.4 Å². The van der Waals surface area contributed by atoms with Crippen molar-refractivity contribution < 1.29 is 5.21 Å². The van der Waals surface area contributed by atoms with Gasteiger partial charge in [-0.3, -0.25) is 5.21 Å². The summed E-state index contributed by atoms with van der Waals surface area (Å²) in [4.78, 5) is 2.77. The van der Waals surface area contributed by atoms with E-state index in [1.54, 1.807) is 0 Å². The van der Waals surface area contributed by atoms with Crippen molar-refractivity contribution in [2.45, 2.75) is 18.7 Å². The number of hydrogen-bond donors (Lipinski definition) is 1. The van der Waals surface area contributed by atoms with Crippen LogP contribution in [0.5, 0.6) is 0 Å². The average molecular weight is 383 g/mol. The number of thioether (sulfide) groups is 1. The molecule has 8 heteroatoms. The summed E-state index contributed by atoms with van der Waals surface area (Å²) in [5.41, 5.74) is -0.181. The summed E-state index contributed by atoms with van der Waals surface area (Å²) in [5, 5.41) is 21.0. The molecule has 1 rings (SSSR count). The van der Waals surface area contributed by atoms with Gasteiger partial charge in [0.2, 0.25) is 0 Å². The number of allylic oxidation sites excluding steroid dienone is 1. The molecule has 0 bridgehead atoms. The second kappa shape index (κ2) is 9.55. The van der Waals surface area contributed by atoms with Gasteiger partial charge in [0, 0.05) is 18.0 Å². The molecule has 0 atom stereocenters. The molecule has 0 amide bonds. The maximum absolute atomic E-state index is 11.6. The maximum Gasteiger partial charge on any atom is 0.127 e. The van der Waals surface area contributed by atoms with Crippen molar-refractivity contribution >= 4 is 46.6 Å². The molecule has 1 aromatic rings. The standard InChI is InChI=1S/C14H16Cl3N2O2S/c1-3-18(4-2)14(22-10-8-6-5-7-9-10)12(19(20)21)11(15)13(16)17/h5-9,20H,3-4H2,1-2H3/q-1/b14-12+. The Bertz CT molecular complexity index is 542. The second-order valence-corrected chi connectivity index (χ2v) is 6.48. The lowest BCUT2D eigenvalue weighted by Gasteiger charge is -2.32. The molecular weight excluding hydrogens is 367 g/mol. The molecule has 1 aromatic carbocycles. The summed E-state index contributed by atoms with van der Waals surface area (Å²) in [6.45, 7) is 5.10. The summed E-state index contributed by atoms with van der Waals surface area (Å²) < 4.78 is -0.287. The number of nitrogens with zero attached hydrogens (tertiary/aromatic N) is 2. The molecule has 0 aliphatic heterocycles. The lowest BCUT2D eigenvalue weighted by atomic mass is 10.4. The van der Waals surface area contributed by atoms with E-state index < -0.39 is 0 Å². The van der Waals surface area contributed by atoms with Gasteiger partial charge in [-0.25, -0.2) is 0 Å². The van der Waals surface area contributed by atoms with Crippen LogP contribution in [0, 0.1) is 5.21 Å². The number of hydroxylamine groups is 2. The molecule has 22 heavy (non-hydrogen) atoms. The average Bonchev–Trinajstić information content (AvgIpc) is 2.49. The highest BCUT2D eigenvalue weighted by Gasteiger charge is 2.20. The van der Waals surface area contributed by atoms with Crippen molar-refractivity contribution in [3.05, 3.63) is 55.8 Å². The Morgan fingerprint density at radius 3 is 2.09 bits per heavy atom. The Kier molecular flexibility index (Phi) is 8.46. The molecule has 122 valence electrons. The van der Waals surface area contributed by atoms with Gasteiger partial charge in [-0.15, -0.1) is 0 Å². The van der Waals surface area contributed by atoms with Gasteiger partial charge >= 0.3 is 0 Å². The molecule has 0 aliphatic rings. The van der Waals surface area contributed by atoms with E-state index in [0.717, 1.165) is 4.90 Å².